The maximum Gasteiger partial charge on any atom is 0.305 e. The Hall–Kier alpha value is -2.77. The van der Waals surface area contributed by atoms with Crippen LogP contribution in [0.1, 0.15) is 33.6 Å². The first-order chi connectivity index (χ1) is 13.1. The summed E-state index contributed by atoms with van der Waals surface area (Å²) in [6.07, 6.45) is -0.130. The predicted molar refractivity (Wildman–Crippen MR) is 104 cm³/mol. The van der Waals surface area contributed by atoms with Crippen molar-refractivity contribution in [2.24, 2.45) is 11.8 Å². The van der Waals surface area contributed by atoms with Crippen LogP contribution >= 0.6 is 0 Å². The Kier molecular flexibility index (Phi) is 6.53. The zero-order valence-corrected chi connectivity index (χ0v) is 16.9. The molecule has 0 spiro atoms. The minimum atomic E-state index is -0.983. The van der Waals surface area contributed by atoms with Crippen LogP contribution in [0.15, 0.2) is 18.2 Å². The first-order valence-electron chi connectivity index (χ1n) is 9.17. The number of hydrogen-bond acceptors (Lipinski definition) is 5. The zero-order valence-electron chi connectivity index (χ0n) is 16.9. The molecule has 154 valence electrons. The number of amides is 2. The van der Waals surface area contributed by atoms with Gasteiger partial charge in [-0.05, 0) is 25.0 Å². The summed E-state index contributed by atoms with van der Waals surface area (Å²) in [6.45, 7) is 5.63. The highest BCUT2D eigenvalue weighted by atomic mass is 16.5. The first-order valence-corrected chi connectivity index (χ1v) is 9.17. The van der Waals surface area contributed by atoms with Gasteiger partial charge in [0.25, 0.3) is 0 Å². The van der Waals surface area contributed by atoms with Gasteiger partial charge in [-0.3, -0.25) is 14.4 Å². The minimum absolute atomic E-state index is 0.0578. The molecule has 0 saturated carbocycles. The zero-order chi connectivity index (χ0) is 21.1. The molecule has 1 fully saturated rings. The lowest BCUT2D eigenvalue weighted by Gasteiger charge is -2.34. The van der Waals surface area contributed by atoms with Gasteiger partial charge in [0.05, 0.1) is 32.2 Å². The molecular weight excluding hydrogens is 364 g/mol. The van der Waals surface area contributed by atoms with E-state index in [-0.39, 0.29) is 37.1 Å². The number of nitrogens with one attached hydrogen (secondary N) is 1. The predicted octanol–water partition coefficient (Wildman–Crippen LogP) is 2.06. The summed E-state index contributed by atoms with van der Waals surface area (Å²) in [5.41, 5.74) is -0.322. The molecule has 8 heteroatoms. The van der Waals surface area contributed by atoms with Crippen LogP contribution in [0.3, 0.4) is 0 Å². The highest BCUT2D eigenvalue weighted by Crippen LogP contribution is 2.36. The standard InChI is InChI=1S/C20H28N2O6/c1-12(2)20(3,10-18(24)25)21-19(26)13-8-17(23)22(11-13)15-7-6-14(27-4)9-16(15)28-5/h6-7,9,12-13H,8,10-11H2,1-5H3,(H,21,26)(H,24,25). The molecule has 0 bridgehead atoms. The molecule has 0 radical (unpaired) electrons. The Labute approximate surface area is 164 Å². The number of hydrogen-bond donors (Lipinski definition) is 2. The van der Waals surface area contributed by atoms with Crippen molar-refractivity contribution < 1.29 is 29.0 Å². The van der Waals surface area contributed by atoms with Gasteiger partial charge in [-0.1, -0.05) is 13.8 Å². The molecule has 2 atom stereocenters. The van der Waals surface area contributed by atoms with E-state index >= 15 is 0 Å². The van der Waals surface area contributed by atoms with Crippen LogP contribution in [0.4, 0.5) is 5.69 Å². The number of methoxy groups -OCH3 is 2. The van der Waals surface area contributed by atoms with Crippen LogP contribution < -0.4 is 19.7 Å². The molecule has 1 aliphatic rings. The smallest absolute Gasteiger partial charge is 0.305 e. The van der Waals surface area contributed by atoms with Gasteiger partial charge in [0.1, 0.15) is 11.5 Å². The highest BCUT2D eigenvalue weighted by molar-refractivity contribution is 6.01. The Morgan fingerprint density at radius 1 is 1.32 bits per heavy atom. The Bertz CT molecular complexity index is 763. The van der Waals surface area contributed by atoms with Gasteiger partial charge in [0.2, 0.25) is 11.8 Å². The highest BCUT2D eigenvalue weighted by Gasteiger charge is 2.40. The number of carbonyl (C=O) groups excluding carboxylic acids is 2. The van der Waals surface area contributed by atoms with E-state index in [1.54, 1.807) is 32.2 Å². The second kappa shape index (κ2) is 8.50. The summed E-state index contributed by atoms with van der Waals surface area (Å²) in [4.78, 5) is 38.1. The molecule has 2 amide bonds. The molecule has 1 saturated heterocycles. The number of ether oxygens (including phenoxy) is 2. The summed E-state index contributed by atoms with van der Waals surface area (Å²) in [5, 5.41) is 12.0. The fourth-order valence-corrected chi connectivity index (χ4v) is 3.21. The van der Waals surface area contributed by atoms with Crippen molar-refractivity contribution >= 4 is 23.5 Å². The maximum atomic E-state index is 12.8. The first kappa shape index (κ1) is 21.5. The summed E-state index contributed by atoms with van der Waals surface area (Å²) in [7, 11) is 3.04. The topological polar surface area (TPSA) is 105 Å². The lowest BCUT2D eigenvalue weighted by Crippen LogP contribution is -2.53. The van der Waals surface area contributed by atoms with Gasteiger partial charge >= 0.3 is 5.97 Å². The van der Waals surface area contributed by atoms with Crippen LogP contribution in [-0.4, -0.2) is 49.2 Å². The van der Waals surface area contributed by atoms with E-state index < -0.39 is 17.4 Å². The number of anilines is 1. The second-order valence-electron chi connectivity index (χ2n) is 7.58. The van der Waals surface area contributed by atoms with E-state index in [0.29, 0.717) is 17.2 Å². The molecule has 1 aliphatic heterocycles. The molecule has 8 nitrogen and oxygen atoms in total. The third kappa shape index (κ3) is 4.55. The second-order valence-corrected chi connectivity index (χ2v) is 7.58. The van der Waals surface area contributed by atoms with Crippen molar-refractivity contribution in [2.75, 3.05) is 25.7 Å². The number of benzene rings is 1. The van der Waals surface area contributed by atoms with Crippen LogP contribution in [0.5, 0.6) is 11.5 Å². The fraction of sp³-hybridized carbons (Fsp3) is 0.550. The molecule has 0 aliphatic carbocycles. The fourth-order valence-electron chi connectivity index (χ4n) is 3.21. The van der Waals surface area contributed by atoms with Crippen LogP contribution in [0.25, 0.3) is 0 Å². The lowest BCUT2D eigenvalue weighted by molar-refractivity contribution is -0.140. The molecule has 2 rings (SSSR count). The average molecular weight is 392 g/mol. The van der Waals surface area contributed by atoms with E-state index in [4.69, 9.17) is 9.47 Å². The van der Waals surface area contributed by atoms with Crippen LogP contribution in [-0.2, 0) is 14.4 Å². The SMILES string of the molecule is COc1ccc(N2CC(C(=O)NC(C)(CC(=O)O)C(C)C)CC2=O)c(OC)c1. The number of aliphatic carboxylic acids is 1. The average Bonchev–Trinajstić information content (AvgIpc) is 3.02. The number of carbonyl (C=O) groups is 3. The Morgan fingerprint density at radius 3 is 2.54 bits per heavy atom. The molecule has 28 heavy (non-hydrogen) atoms. The van der Waals surface area contributed by atoms with Crippen LogP contribution in [0.2, 0.25) is 0 Å². The van der Waals surface area contributed by atoms with Crippen molar-refractivity contribution in [1.29, 1.82) is 0 Å². The number of carboxylic acid groups (broad SMARTS) is 1. The van der Waals surface area contributed by atoms with Crippen molar-refractivity contribution in [3.05, 3.63) is 18.2 Å². The lowest BCUT2D eigenvalue weighted by atomic mass is 9.84. The van der Waals surface area contributed by atoms with Crippen molar-refractivity contribution in [3.63, 3.8) is 0 Å². The number of nitrogens with zero attached hydrogens (tertiary/aromatic N) is 1. The molecule has 1 aromatic carbocycles. The quantitative estimate of drug-likeness (QED) is 0.702. The van der Waals surface area contributed by atoms with Crippen molar-refractivity contribution in [1.82, 2.24) is 5.32 Å². The Morgan fingerprint density at radius 2 is 2.00 bits per heavy atom. The van der Waals surface area contributed by atoms with Gasteiger partial charge in [-0.25, -0.2) is 0 Å². The molecule has 1 aromatic rings. The molecular formula is C20H28N2O6. The molecule has 0 aromatic heterocycles. The van der Waals surface area contributed by atoms with E-state index in [2.05, 4.69) is 5.32 Å². The third-order valence-corrected chi connectivity index (χ3v) is 5.37. The monoisotopic (exact) mass is 392 g/mol. The molecule has 2 unspecified atom stereocenters. The minimum Gasteiger partial charge on any atom is -0.497 e. The van der Waals surface area contributed by atoms with E-state index in [9.17, 15) is 19.5 Å². The van der Waals surface area contributed by atoms with Gasteiger partial charge < -0.3 is 24.8 Å². The summed E-state index contributed by atoms with van der Waals surface area (Å²) in [6, 6.07) is 5.12. The van der Waals surface area contributed by atoms with Gasteiger partial charge in [-0.15, -0.1) is 0 Å². The Balaban J connectivity index is 2.18. The summed E-state index contributed by atoms with van der Waals surface area (Å²) in [5.74, 6) is -1.05. The summed E-state index contributed by atoms with van der Waals surface area (Å²) >= 11 is 0. The molecule has 1 heterocycles. The van der Waals surface area contributed by atoms with E-state index in [1.807, 2.05) is 13.8 Å². The van der Waals surface area contributed by atoms with Gasteiger partial charge in [0, 0.05) is 24.6 Å². The normalized spacial score (nSPS) is 18.7. The van der Waals surface area contributed by atoms with Crippen LogP contribution in [0, 0.1) is 11.8 Å². The van der Waals surface area contributed by atoms with E-state index in [0.717, 1.165) is 0 Å². The van der Waals surface area contributed by atoms with E-state index in [1.165, 1.54) is 12.0 Å². The molecule has 2 N–H and O–H groups in total. The van der Waals surface area contributed by atoms with Crippen molar-refractivity contribution in [3.8, 4) is 11.5 Å². The number of carboxylic acids is 1. The number of rotatable bonds is 8. The van der Waals surface area contributed by atoms with Gasteiger partial charge in [-0.2, -0.15) is 0 Å². The summed E-state index contributed by atoms with van der Waals surface area (Å²) < 4.78 is 10.5. The third-order valence-electron chi connectivity index (χ3n) is 5.37. The largest absolute Gasteiger partial charge is 0.497 e. The maximum absolute atomic E-state index is 12.8. The van der Waals surface area contributed by atoms with Crippen molar-refractivity contribution in [2.45, 2.75) is 39.2 Å². The van der Waals surface area contributed by atoms with Gasteiger partial charge in [0.15, 0.2) is 0 Å².